The molecule has 0 saturated carbocycles. The van der Waals surface area contributed by atoms with Crippen molar-refractivity contribution in [1.82, 2.24) is 4.98 Å². The lowest BCUT2D eigenvalue weighted by molar-refractivity contribution is 0.363. The highest BCUT2D eigenvalue weighted by Gasteiger charge is 2.65. The van der Waals surface area contributed by atoms with Crippen LogP contribution in [0.2, 0.25) is 0 Å². The van der Waals surface area contributed by atoms with Crippen LogP contribution >= 0.6 is 10.2 Å². The number of rotatable bonds is 4. The van der Waals surface area contributed by atoms with Gasteiger partial charge in [-0.05, 0) is 54.1 Å². The highest BCUT2D eigenvalue weighted by Crippen LogP contribution is 3.02. The molecule has 27 heavy (non-hydrogen) atoms. The summed E-state index contributed by atoms with van der Waals surface area (Å²) in [4.78, 5) is 1.89. The predicted octanol–water partition coefficient (Wildman–Crippen LogP) is 7.04. The number of phenols is 1. The van der Waals surface area contributed by atoms with Crippen LogP contribution in [0, 0.1) is 5.82 Å². The average molecular weight is 407 g/mol. The molecule has 0 aliphatic rings. The molecule has 0 aliphatic carbocycles. The number of benzene rings is 2. The molecule has 3 nitrogen and oxygen atoms in total. The van der Waals surface area contributed by atoms with Gasteiger partial charge in [0.25, 0.3) is 0 Å². The number of nitrogens with zero attached hydrogens (tertiary/aromatic N) is 1. The molecule has 0 saturated heterocycles. The van der Waals surface area contributed by atoms with Gasteiger partial charge in [0.1, 0.15) is 10.6 Å². The highest BCUT2D eigenvalue weighted by atomic mass is 32.5. The van der Waals surface area contributed by atoms with Gasteiger partial charge in [0.2, 0.25) is 5.88 Å². The third-order valence-electron chi connectivity index (χ3n) is 3.51. The van der Waals surface area contributed by atoms with Crippen molar-refractivity contribution in [1.29, 1.82) is 0 Å². The Morgan fingerprint density at radius 2 is 1.56 bits per heavy atom. The molecule has 1 N–H and O–H groups in total. The molecular formula is C17H11F6NO2S. The Labute approximate surface area is 149 Å². The number of halogens is 6. The maximum absolute atomic E-state index is 13.6. The maximum atomic E-state index is 13.6. The van der Waals surface area contributed by atoms with E-state index in [-0.39, 0.29) is 34.9 Å². The predicted molar refractivity (Wildman–Crippen MR) is 89.2 cm³/mol. The van der Waals surface area contributed by atoms with Crippen molar-refractivity contribution in [2.45, 2.75) is 4.90 Å². The molecule has 10 heteroatoms. The Balaban J connectivity index is 1.95. The van der Waals surface area contributed by atoms with E-state index < -0.39 is 26.7 Å². The van der Waals surface area contributed by atoms with Gasteiger partial charge in [-0.1, -0.05) is 25.5 Å². The molecule has 0 amide bonds. The van der Waals surface area contributed by atoms with Gasteiger partial charge in [0.05, 0.1) is 0 Å². The Kier molecular flexibility index (Phi) is 3.89. The first-order valence-electron chi connectivity index (χ1n) is 7.29. The molecule has 1 aromatic heterocycles. The molecule has 0 atom stereocenters. The van der Waals surface area contributed by atoms with Gasteiger partial charge in [0.15, 0.2) is 11.6 Å². The summed E-state index contributed by atoms with van der Waals surface area (Å²) in [6.07, 6.45) is 1.33. The Morgan fingerprint density at radius 1 is 0.889 bits per heavy atom. The first-order chi connectivity index (χ1) is 12.3. The topological polar surface area (TPSA) is 42.4 Å². The lowest BCUT2D eigenvalue weighted by Crippen LogP contribution is -2.05. The number of phenolic OH excluding ortho intramolecular Hbond substituents is 1. The van der Waals surface area contributed by atoms with Gasteiger partial charge >= 0.3 is 10.2 Å². The summed E-state index contributed by atoms with van der Waals surface area (Å²) in [5.41, 5.74) is 0.574. The van der Waals surface area contributed by atoms with Crippen molar-refractivity contribution in [3.8, 4) is 28.5 Å². The standard InChI is InChI=1S/C17H11F6NO2S/c18-15-10-11(3-8-16(15)25)14-2-1-9-24-17(14)26-12-4-6-13(7-5-12)27(19,20,21,22)23/h1-10,25H. The number of hydrogen-bond acceptors (Lipinski definition) is 3. The van der Waals surface area contributed by atoms with E-state index in [0.29, 0.717) is 0 Å². The minimum atomic E-state index is -9.77. The minimum Gasteiger partial charge on any atom is -0.505 e. The van der Waals surface area contributed by atoms with Crippen LogP contribution in [0.15, 0.2) is 65.7 Å². The summed E-state index contributed by atoms with van der Waals surface area (Å²) < 4.78 is 82.7. The first kappa shape index (κ1) is 18.9. The Hall–Kier alpha value is -2.88. The molecule has 144 valence electrons. The number of ether oxygens (including phenoxy) is 1. The van der Waals surface area contributed by atoms with Crippen molar-refractivity contribution in [3.05, 3.63) is 66.6 Å². The molecule has 0 radical (unpaired) electrons. The fourth-order valence-electron chi connectivity index (χ4n) is 2.24. The summed E-state index contributed by atoms with van der Waals surface area (Å²) in [5, 5.41) is 9.26. The van der Waals surface area contributed by atoms with E-state index in [1.807, 2.05) is 0 Å². The second-order valence-corrected chi connectivity index (χ2v) is 7.97. The van der Waals surface area contributed by atoms with Gasteiger partial charge in [0, 0.05) is 11.8 Å². The van der Waals surface area contributed by atoms with Crippen LogP contribution in [0.4, 0.5) is 23.8 Å². The maximum Gasteiger partial charge on any atom is 0.310 e. The van der Waals surface area contributed by atoms with Crippen molar-refractivity contribution in [2.24, 2.45) is 0 Å². The molecule has 2 aromatic carbocycles. The van der Waals surface area contributed by atoms with E-state index in [2.05, 4.69) is 4.98 Å². The minimum absolute atomic E-state index is 0.0809. The number of aromatic hydroxyl groups is 1. The van der Waals surface area contributed by atoms with Crippen LogP contribution in [0.1, 0.15) is 0 Å². The number of pyridine rings is 1. The van der Waals surface area contributed by atoms with Crippen LogP contribution in [-0.4, -0.2) is 10.1 Å². The summed E-state index contributed by atoms with van der Waals surface area (Å²) in [5.74, 6) is -1.69. The van der Waals surface area contributed by atoms with Gasteiger partial charge in [-0.3, -0.25) is 0 Å². The third-order valence-corrected chi connectivity index (χ3v) is 4.68. The van der Waals surface area contributed by atoms with E-state index >= 15 is 0 Å². The van der Waals surface area contributed by atoms with E-state index in [9.17, 15) is 28.9 Å². The molecule has 0 unspecified atom stereocenters. The van der Waals surface area contributed by atoms with E-state index in [0.717, 1.165) is 24.3 Å². The summed E-state index contributed by atoms with van der Waals surface area (Å²) in [7, 11) is -9.77. The van der Waals surface area contributed by atoms with E-state index in [4.69, 9.17) is 4.74 Å². The fourth-order valence-corrected chi connectivity index (χ4v) is 2.89. The van der Waals surface area contributed by atoms with Gasteiger partial charge < -0.3 is 9.84 Å². The largest absolute Gasteiger partial charge is 0.505 e. The number of aromatic nitrogens is 1. The van der Waals surface area contributed by atoms with Crippen LogP contribution in [-0.2, 0) is 0 Å². The van der Waals surface area contributed by atoms with Crippen LogP contribution in [0.3, 0.4) is 0 Å². The third kappa shape index (κ3) is 4.27. The first-order valence-corrected chi connectivity index (χ1v) is 9.24. The normalized spacial score (nSPS) is 14.3. The van der Waals surface area contributed by atoms with E-state index in [1.165, 1.54) is 24.4 Å². The highest BCUT2D eigenvalue weighted by molar-refractivity contribution is 8.45. The molecule has 0 spiro atoms. The van der Waals surface area contributed by atoms with Crippen molar-refractivity contribution in [2.75, 3.05) is 0 Å². The number of hydrogen-bond donors (Lipinski definition) is 1. The lowest BCUT2D eigenvalue weighted by atomic mass is 10.1. The molecule has 0 bridgehead atoms. The zero-order valence-corrected chi connectivity index (χ0v) is 14.1. The second kappa shape index (κ2) is 5.56. The van der Waals surface area contributed by atoms with Crippen LogP contribution in [0.5, 0.6) is 17.4 Å². The van der Waals surface area contributed by atoms with Crippen molar-refractivity contribution < 1.29 is 33.7 Å². The Morgan fingerprint density at radius 3 is 2.15 bits per heavy atom. The molecule has 3 rings (SSSR count). The zero-order chi connectivity index (χ0) is 19.9. The van der Waals surface area contributed by atoms with Gasteiger partial charge in [-0.15, -0.1) is 0 Å². The van der Waals surface area contributed by atoms with Crippen molar-refractivity contribution in [3.63, 3.8) is 0 Å². The molecule has 1 heterocycles. The smallest absolute Gasteiger partial charge is 0.310 e. The zero-order valence-electron chi connectivity index (χ0n) is 13.3. The second-order valence-electron chi connectivity index (χ2n) is 5.56. The molecule has 0 fully saturated rings. The summed E-state index contributed by atoms with van der Waals surface area (Å²) in [6.45, 7) is 0. The van der Waals surface area contributed by atoms with Crippen LogP contribution < -0.4 is 4.74 Å². The van der Waals surface area contributed by atoms with E-state index in [1.54, 1.807) is 0 Å². The van der Waals surface area contributed by atoms with Gasteiger partial charge in [-0.2, -0.15) is 0 Å². The summed E-state index contributed by atoms with van der Waals surface area (Å²) >= 11 is 0. The van der Waals surface area contributed by atoms with Gasteiger partial charge in [-0.25, -0.2) is 9.37 Å². The Bertz CT molecular complexity index is 1010. The monoisotopic (exact) mass is 407 g/mol. The van der Waals surface area contributed by atoms with Crippen LogP contribution in [0.25, 0.3) is 11.1 Å². The fraction of sp³-hybridized carbons (Fsp3) is 0. The average Bonchev–Trinajstić information content (AvgIpc) is 2.56. The lowest BCUT2D eigenvalue weighted by Gasteiger charge is -2.40. The quantitative estimate of drug-likeness (QED) is 0.472. The van der Waals surface area contributed by atoms with Crippen molar-refractivity contribution >= 4 is 10.2 Å². The molecular weight excluding hydrogens is 396 g/mol. The molecule has 3 aromatic rings. The SMILES string of the molecule is Oc1ccc(-c2cccnc2Oc2ccc(S(F)(F)(F)(F)F)cc2)cc1F. The summed E-state index contributed by atoms with van der Waals surface area (Å²) in [6, 6.07) is 8.48. The molecule has 0 aliphatic heterocycles.